The third-order valence-corrected chi connectivity index (χ3v) is 3.20. The van der Waals surface area contributed by atoms with Crippen LogP contribution >= 0.6 is 0 Å². The normalized spacial score (nSPS) is 9.96. The zero-order chi connectivity index (χ0) is 17.5. The average Bonchev–Trinajstić information content (AvgIpc) is 2.58. The fraction of sp³-hybridized carbons (Fsp3) is 0.111. The molecule has 0 saturated carbocycles. The summed E-state index contributed by atoms with van der Waals surface area (Å²) in [6.07, 6.45) is 0.347. The van der Waals surface area contributed by atoms with Crippen molar-refractivity contribution in [2.75, 3.05) is 6.61 Å². The van der Waals surface area contributed by atoms with Crippen LogP contribution < -0.4 is 5.32 Å². The number of ether oxygens (including phenoxy) is 1. The molecule has 0 atom stereocenters. The van der Waals surface area contributed by atoms with Crippen LogP contribution in [0.3, 0.4) is 0 Å². The first kappa shape index (κ1) is 17.3. The van der Waals surface area contributed by atoms with Gasteiger partial charge in [0, 0.05) is 5.57 Å². The van der Waals surface area contributed by atoms with E-state index in [0.717, 1.165) is 0 Å². The van der Waals surface area contributed by atoms with Crippen LogP contribution in [0.4, 0.5) is 8.78 Å². The fourth-order valence-corrected chi connectivity index (χ4v) is 2.18. The number of amides is 1. The van der Waals surface area contributed by atoms with Crippen molar-refractivity contribution in [3.63, 3.8) is 0 Å². The number of benzene rings is 2. The van der Waals surface area contributed by atoms with Crippen LogP contribution in [-0.2, 0) is 14.3 Å². The Kier molecular flexibility index (Phi) is 5.78. The molecule has 124 valence electrons. The van der Waals surface area contributed by atoms with Crippen LogP contribution in [0.25, 0.3) is 5.57 Å². The first-order valence-corrected chi connectivity index (χ1v) is 7.20. The number of nitrogens with one attached hydrogen (secondary N) is 1. The number of esters is 1. The molecule has 2 aromatic carbocycles. The third-order valence-electron chi connectivity index (χ3n) is 3.20. The summed E-state index contributed by atoms with van der Waals surface area (Å²) in [6.45, 7) is 1.74. The van der Waals surface area contributed by atoms with Crippen molar-refractivity contribution in [3.05, 3.63) is 77.0 Å². The summed E-state index contributed by atoms with van der Waals surface area (Å²) in [5.41, 5.74) is 1.14. The van der Waals surface area contributed by atoms with E-state index in [-0.39, 0.29) is 12.3 Å². The van der Waals surface area contributed by atoms with Gasteiger partial charge in [-0.05, 0) is 42.3 Å². The minimum Gasteiger partial charge on any atom is -0.461 e. The highest BCUT2D eigenvalue weighted by Crippen LogP contribution is 2.27. The van der Waals surface area contributed by atoms with Gasteiger partial charge in [-0.3, -0.25) is 4.79 Å². The standard InChI is InChI=1S/C18H15F2NO3/c1-2-24-18(23)17(21-11-22)16(12-3-7-14(19)8-4-12)13-5-9-15(20)10-6-13/h3-11H,2H2,1H3,(H,21,22). The van der Waals surface area contributed by atoms with Gasteiger partial charge in [0.1, 0.15) is 17.3 Å². The molecule has 0 fully saturated rings. The molecule has 0 bridgehead atoms. The Morgan fingerprint density at radius 3 is 1.83 bits per heavy atom. The summed E-state index contributed by atoms with van der Waals surface area (Å²) < 4.78 is 31.4. The molecule has 4 nitrogen and oxygen atoms in total. The molecule has 0 unspecified atom stereocenters. The highest BCUT2D eigenvalue weighted by molar-refractivity contribution is 6.02. The molecule has 0 aliphatic rings. The van der Waals surface area contributed by atoms with Gasteiger partial charge in [-0.25, -0.2) is 13.6 Å². The lowest BCUT2D eigenvalue weighted by Crippen LogP contribution is -2.23. The van der Waals surface area contributed by atoms with Crippen molar-refractivity contribution in [2.24, 2.45) is 0 Å². The Labute approximate surface area is 137 Å². The molecule has 0 heterocycles. The lowest BCUT2D eigenvalue weighted by Gasteiger charge is -2.15. The Hall–Kier alpha value is -3.02. The van der Waals surface area contributed by atoms with Gasteiger partial charge < -0.3 is 10.1 Å². The number of halogens is 2. The molecule has 0 spiro atoms. The number of hydrogen-bond acceptors (Lipinski definition) is 3. The van der Waals surface area contributed by atoms with Crippen LogP contribution in [0, 0.1) is 11.6 Å². The SMILES string of the molecule is CCOC(=O)C(NC=O)=C(c1ccc(F)cc1)c1ccc(F)cc1. The van der Waals surface area contributed by atoms with Crippen molar-refractivity contribution >= 4 is 18.0 Å². The van der Waals surface area contributed by atoms with Crippen LogP contribution in [-0.4, -0.2) is 19.0 Å². The van der Waals surface area contributed by atoms with E-state index in [4.69, 9.17) is 4.74 Å². The maximum Gasteiger partial charge on any atom is 0.355 e. The summed E-state index contributed by atoms with van der Waals surface area (Å²) in [4.78, 5) is 23.1. The maximum absolute atomic E-state index is 13.2. The van der Waals surface area contributed by atoms with Crippen LogP contribution in [0.5, 0.6) is 0 Å². The van der Waals surface area contributed by atoms with Crippen molar-refractivity contribution in [1.82, 2.24) is 5.32 Å². The van der Waals surface area contributed by atoms with Gasteiger partial charge in [0.25, 0.3) is 0 Å². The molecule has 0 aromatic heterocycles. The third kappa shape index (κ3) is 4.04. The van der Waals surface area contributed by atoms with Crippen LogP contribution in [0.15, 0.2) is 54.2 Å². The monoisotopic (exact) mass is 331 g/mol. The molecule has 1 N–H and O–H groups in total. The highest BCUT2D eigenvalue weighted by atomic mass is 19.1. The molecule has 2 rings (SSSR count). The van der Waals surface area contributed by atoms with Gasteiger partial charge in [-0.15, -0.1) is 0 Å². The Bertz CT molecular complexity index is 705. The van der Waals surface area contributed by atoms with E-state index in [0.29, 0.717) is 23.1 Å². The number of hydrogen-bond donors (Lipinski definition) is 1. The second kappa shape index (κ2) is 8.01. The Morgan fingerprint density at radius 1 is 1.00 bits per heavy atom. The van der Waals surface area contributed by atoms with Crippen LogP contribution in [0.2, 0.25) is 0 Å². The van der Waals surface area contributed by atoms with Gasteiger partial charge >= 0.3 is 5.97 Å². The summed E-state index contributed by atoms with van der Waals surface area (Å²) in [5.74, 6) is -1.63. The topological polar surface area (TPSA) is 55.4 Å². The molecule has 0 saturated heterocycles. The van der Waals surface area contributed by atoms with Gasteiger partial charge in [-0.2, -0.15) is 0 Å². The second-order valence-electron chi connectivity index (χ2n) is 4.75. The molecule has 0 aliphatic carbocycles. The molecule has 0 aliphatic heterocycles. The Morgan fingerprint density at radius 2 is 1.46 bits per heavy atom. The molecule has 24 heavy (non-hydrogen) atoms. The molecule has 2 aromatic rings. The molecular weight excluding hydrogens is 316 g/mol. The van der Waals surface area contributed by atoms with E-state index < -0.39 is 17.6 Å². The zero-order valence-electron chi connectivity index (χ0n) is 12.9. The van der Waals surface area contributed by atoms with Gasteiger partial charge in [0.15, 0.2) is 0 Å². The average molecular weight is 331 g/mol. The Balaban J connectivity index is 2.68. The van der Waals surface area contributed by atoms with Crippen LogP contribution in [0.1, 0.15) is 18.1 Å². The van der Waals surface area contributed by atoms with Gasteiger partial charge in [0.2, 0.25) is 6.41 Å². The second-order valence-corrected chi connectivity index (χ2v) is 4.75. The predicted octanol–water partition coefficient (Wildman–Crippen LogP) is 3.03. The smallest absolute Gasteiger partial charge is 0.355 e. The molecule has 6 heteroatoms. The predicted molar refractivity (Wildman–Crippen MR) is 84.7 cm³/mol. The van der Waals surface area contributed by atoms with E-state index in [1.54, 1.807) is 6.92 Å². The maximum atomic E-state index is 13.2. The minimum absolute atomic E-state index is 0.106. The van der Waals surface area contributed by atoms with Crippen molar-refractivity contribution < 1.29 is 23.1 Å². The lowest BCUT2D eigenvalue weighted by atomic mass is 9.95. The summed E-state index contributed by atoms with van der Waals surface area (Å²) >= 11 is 0. The quantitative estimate of drug-likeness (QED) is 0.503. The minimum atomic E-state index is -0.742. The largest absolute Gasteiger partial charge is 0.461 e. The number of rotatable bonds is 6. The number of carbonyl (C=O) groups excluding carboxylic acids is 2. The molecule has 0 radical (unpaired) electrons. The van der Waals surface area contributed by atoms with Crippen molar-refractivity contribution in [3.8, 4) is 0 Å². The zero-order valence-corrected chi connectivity index (χ0v) is 12.9. The molecule has 1 amide bonds. The lowest BCUT2D eigenvalue weighted by molar-refractivity contribution is -0.139. The number of carbonyl (C=O) groups is 2. The highest BCUT2D eigenvalue weighted by Gasteiger charge is 2.19. The summed E-state index contributed by atoms with van der Waals surface area (Å²) in [5, 5.41) is 2.33. The van der Waals surface area contributed by atoms with E-state index >= 15 is 0 Å². The summed E-state index contributed by atoms with van der Waals surface area (Å²) in [6, 6.07) is 10.7. The van der Waals surface area contributed by atoms with E-state index in [9.17, 15) is 18.4 Å². The van der Waals surface area contributed by atoms with E-state index in [2.05, 4.69) is 5.32 Å². The van der Waals surface area contributed by atoms with E-state index in [1.807, 2.05) is 0 Å². The van der Waals surface area contributed by atoms with Crippen molar-refractivity contribution in [2.45, 2.75) is 6.92 Å². The van der Waals surface area contributed by atoms with Crippen molar-refractivity contribution in [1.29, 1.82) is 0 Å². The summed E-state index contributed by atoms with van der Waals surface area (Å²) in [7, 11) is 0. The van der Waals surface area contributed by atoms with Gasteiger partial charge in [-0.1, -0.05) is 24.3 Å². The van der Waals surface area contributed by atoms with Gasteiger partial charge in [0.05, 0.1) is 6.61 Å². The molecular formula is C18H15F2NO3. The first-order chi connectivity index (χ1) is 11.6. The fourth-order valence-electron chi connectivity index (χ4n) is 2.18. The first-order valence-electron chi connectivity index (χ1n) is 7.20. The van der Waals surface area contributed by atoms with E-state index in [1.165, 1.54) is 48.5 Å².